The molecule has 12 nitrogen and oxygen atoms in total. The van der Waals surface area contributed by atoms with Crippen LogP contribution in [0.1, 0.15) is 5.56 Å². The van der Waals surface area contributed by atoms with Crippen LogP contribution in [0, 0.1) is 11.3 Å². The average molecular weight is 348 g/mol. The van der Waals surface area contributed by atoms with Crippen LogP contribution in [0.2, 0.25) is 0 Å². The number of halogens is 1. The number of nitrogens with zero attached hydrogens (tertiary/aromatic N) is 3. The van der Waals surface area contributed by atoms with E-state index in [-0.39, 0.29) is 4.57 Å². The van der Waals surface area contributed by atoms with E-state index in [9.17, 15) is 34.5 Å². The van der Waals surface area contributed by atoms with Crippen molar-refractivity contribution in [2.24, 2.45) is 0 Å². The molecule has 0 unspecified atom stereocenters. The summed E-state index contributed by atoms with van der Waals surface area (Å²) in [6, 6.07) is 1.40. The Hall–Kier alpha value is -2.18. The second kappa shape index (κ2) is 6.03. The number of H-pyrrole nitrogens is 1. The van der Waals surface area contributed by atoms with Gasteiger partial charge in [0.1, 0.15) is 23.8 Å². The van der Waals surface area contributed by atoms with Crippen molar-refractivity contribution in [3.05, 3.63) is 32.6 Å². The Morgan fingerprint density at radius 3 is 2.62 bits per heavy atom. The van der Waals surface area contributed by atoms with Crippen LogP contribution in [0.5, 0.6) is 0 Å². The van der Waals surface area contributed by atoms with Crippen molar-refractivity contribution in [2.75, 3.05) is 13.4 Å². The summed E-state index contributed by atoms with van der Waals surface area (Å²) >= 11 is 0. The van der Waals surface area contributed by atoms with E-state index in [1.807, 2.05) is 0 Å². The SMILES string of the molecule is N#Cc1cn([C@]2(O)O[C@H](CO)[C@@H](O)[C@]2(O)N(O)CF)c(=O)[nH]c1=O. The first-order valence-electron chi connectivity index (χ1n) is 6.37. The van der Waals surface area contributed by atoms with Crippen molar-refractivity contribution < 1.29 is 34.8 Å². The van der Waals surface area contributed by atoms with Crippen molar-refractivity contribution >= 4 is 0 Å². The smallest absolute Gasteiger partial charge is 0.332 e. The van der Waals surface area contributed by atoms with Crippen molar-refractivity contribution in [1.82, 2.24) is 14.6 Å². The van der Waals surface area contributed by atoms with Crippen LogP contribution in [-0.2, 0) is 10.6 Å². The zero-order valence-corrected chi connectivity index (χ0v) is 11.8. The molecule has 2 heterocycles. The van der Waals surface area contributed by atoms with E-state index in [1.54, 1.807) is 4.98 Å². The Morgan fingerprint density at radius 1 is 1.50 bits per heavy atom. The summed E-state index contributed by atoms with van der Waals surface area (Å²) in [6.07, 6.45) is -3.55. The van der Waals surface area contributed by atoms with Gasteiger partial charge in [-0.15, -0.1) is 5.06 Å². The molecule has 0 aromatic carbocycles. The average Bonchev–Trinajstić information content (AvgIpc) is 2.76. The lowest BCUT2D eigenvalue weighted by Gasteiger charge is -2.40. The van der Waals surface area contributed by atoms with Gasteiger partial charge in [-0.3, -0.25) is 9.78 Å². The number of aromatic nitrogens is 2. The summed E-state index contributed by atoms with van der Waals surface area (Å²) in [5.74, 6) is -3.35. The maximum absolute atomic E-state index is 12.8. The fourth-order valence-electron chi connectivity index (χ4n) is 2.37. The minimum atomic E-state index is -3.36. The van der Waals surface area contributed by atoms with Crippen molar-refractivity contribution in [3.8, 4) is 6.07 Å². The molecule has 1 saturated heterocycles. The summed E-state index contributed by atoms with van der Waals surface area (Å²) in [5.41, 5.74) is -6.57. The third kappa shape index (κ3) is 2.25. The number of aliphatic hydroxyl groups is 4. The maximum atomic E-state index is 12.8. The Balaban J connectivity index is 2.76. The number of ether oxygens (including phenoxy) is 1. The summed E-state index contributed by atoms with van der Waals surface area (Å²) in [4.78, 5) is 24.9. The third-order valence-corrected chi connectivity index (χ3v) is 3.64. The van der Waals surface area contributed by atoms with Crippen LogP contribution < -0.4 is 11.2 Å². The predicted molar refractivity (Wildman–Crippen MR) is 68.7 cm³/mol. The number of aliphatic hydroxyl groups excluding tert-OH is 2. The van der Waals surface area contributed by atoms with Gasteiger partial charge in [0.05, 0.1) is 6.61 Å². The number of nitrogens with one attached hydrogen (secondary N) is 1. The van der Waals surface area contributed by atoms with Gasteiger partial charge >= 0.3 is 11.6 Å². The van der Waals surface area contributed by atoms with Crippen LogP contribution in [-0.4, -0.2) is 71.6 Å². The zero-order chi connectivity index (χ0) is 18.3. The highest BCUT2D eigenvalue weighted by atomic mass is 19.1. The normalized spacial score (nSPS) is 32.9. The van der Waals surface area contributed by atoms with Gasteiger partial charge in [-0.05, 0) is 0 Å². The van der Waals surface area contributed by atoms with Crippen LogP contribution >= 0.6 is 0 Å². The first-order chi connectivity index (χ1) is 11.2. The molecular formula is C11H13FN4O8. The zero-order valence-electron chi connectivity index (χ0n) is 11.8. The third-order valence-electron chi connectivity index (χ3n) is 3.64. The first kappa shape index (κ1) is 18.2. The fourth-order valence-corrected chi connectivity index (χ4v) is 2.37. The molecule has 24 heavy (non-hydrogen) atoms. The van der Waals surface area contributed by atoms with E-state index in [0.29, 0.717) is 6.20 Å². The molecule has 2 rings (SSSR count). The van der Waals surface area contributed by atoms with E-state index >= 15 is 0 Å². The molecule has 1 aromatic rings. The van der Waals surface area contributed by atoms with Crippen LogP contribution in [0.15, 0.2) is 15.8 Å². The highest BCUT2D eigenvalue weighted by Crippen LogP contribution is 2.42. The van der Waals surface area contributed by atoms with Gasteiger partial charge in [0.25, 0.3) is 5.56 Å². The molecule has 4 atom stereocenters. The summed E-state index contributed by atoms with van der Waals surface area (Å²) < 4.78 is 17.7. The number of aromatic amines is 1. The lowest BCUT2D eigenvalue weighted by atomic mass is 10.0. The number of hydrogen-bond donors (Lipinski definition) is 6. The van der Waals surface area contributed by atoms with E-state index in [0.717, 1.165) is 0 Å². The van der Waals surface area contributed by atoms with Gasteiger partial charge in [0.15, 0.2) is 6.80 Å². The quantitative estimate of drug-likeness (QED) is 0.178. The Labute approximate surface area is 131 Å². The van der Waals surface area contributed by atoms with Crippen molar-refractivity contribution in [2.45, 2.75) is 23.8 Å². The van der Waals surface area contributed by atoms with Crippen LogP contribution in [0.4, 0.5) is 4.39 Å². The molecular weight excluding hydrogens is 335 g/mol. The van der Waals surface area contributed by atoms with Gasteiger partial charge in [-0.1, -0.05) is 0 Å². The fraction of sp³-hybridized carbons (Fsp3) is 0.545. The minimum Gasteiger partial charge on any atom is -0.394 e. The maximum Gasteiger partial charge on any atom is 0.332 e. The van der Waals surface area contributed by atoms with E-state index in [1.165, 1.54) is 6.07 Å². The molecule has 1 aromatic heterocycles. The van der Waals surface area contributed by atoms with Gasteiger partial charge in [-0.2, -0.15) is 5.26 Å². The number of hydroxylamine groups is 2. The molecule has 132 valence electrons. The van der Waals surface area contributed by atoms with Gasteiger partial charge in [0.2, 0.25) is 5.72 Å². The molecule has 0 radical (unpaired) electrons. The molecule has 0 spiro atoms. The largest absolute Gasteiger partial charge is 0.394 e. The van der Waals surface area contributed by atoms with Crippen molar-refractivity contribution in [3.63, 3.8) is 0 Å². The standard InChI is InChI=1S/C11H13FN4O8/c12-4-16(23)10(21)7(18)6(3-17)24-11(10,22)15-2-5(1-13)8(19)14-9(15)20/h2,6-7,17-18,21-23H,3-4H2,(H,14,19,20)/t6-,7-,10-,11-/m1/s1. The number of alkyl halides is 1. The summed E-state index contributed by atoms with van der Waals surface area (Å²) in [5, 5.41) is 57.9. The Bertz CT molecular complexity index is 789. The molecule has 0 saturated carbocycles. The molecule has 0 amide bonds. The lowest BCUT2D eigenvalue weighted by Crippen LogP contribution is -2.68. The minimum absolute atomic E-state index is 0.0741. The Kier molecular flexibility index (Phi) is 4.57. The highest BCUT2D eigenvalue weighted by molar-refractivity contribution is 5.22. The molecule has 1 aliphatic heterocycles. The molecule has 1 aliphatic rings. The lowest BCUT2D eigenvalue weighted by molar-refractivity contribution is -0.416. The van der Waals surface area contributed by atoms with Crippen LogP contribution in [0.25, 0.3) is 0 Å². The molecule has 1 fully saturated rings. The van der Waals surface area contributed by atoms with Crippen LogP contribution in [0.3, 0.4) is 0 Å². The topological polar surface area (TPSA) is 192 Å². The second-order valence-corrected chi connectivity index (χ2v) is 4.92. The van der Waals surface area contributed by atoms with E-state index in [2.05, 4.69) is 0 Å². The molecule has 0 bridgehead atoms. The van der Waals surface area contributed by atoms with Gasteiger partial charge in [-0.25, -0.2) is 13.8 Å². The second-order valence-electron chi connectivity index (χ2n) is 4.92. The van der Waals surface area contributed by atoms with E-state index < -0.39 is 59.1 Å². The molecule has 13 heteroatoms. The summed E-state index contributed by atoms with van der Waals surface area (Å²) in [7, 11) is 0. The van der Waals surface area contributed by atoms with Gasteiger partial charge < -0.3 is 30.4 Å². The molecule has 6 N–H and O–H groups in total. The summed E-state index contributed by atoms with van der Waals surface area (Å²) in [6.45, 7) is -2.81. The first-order valence-corrected chi connectivity index (χ1v) is 6.37. The monoisotopic (exact) mass is 348 g/mol. The number of hydrogen-bond acceptors (Lipinski definition) is 10. The van der Waals surface area contributed by atoms with Crippen molar-refractivity contribution in [1.29, 1.82) is 5.26 Å². The highest BCUT2D eigenvalue weighted by Gasteiger charge is 2.70. The Morgan fingerprint density at radius 2 is 2.12 bits per heavy atom. The molecule has 0 aliphatic carbocycles. The van der Waals surface area contributed by atoms with Gasteiger partial charge in [0, 0.05) is 6.20 Å². The predicted octanol–water partition coefficient (Wildman–Crippen LogP) is -3.93. The number of rotatable bonds is 4. The van der Waals surface area contributed by atoms with E-state index in [4.69, 9.17) is 15.1 Å². The number of nitriles is 1.